The first-order chi connectivity index (χ1) is 10.0. The van der Waals surface area contributed by atoms with Crippen molar-refractivity contribution in [1.82, 2.24) is 0 Å². The minimum absolute atomic E-state index is 0.00124. The first-order valence-electron chi connectivity index (χ1n) is 6.14. The quantitative estimate of drug-likeness (QED) is 0.387. The van der Waals surface area contributed by atoms with Crippen LogP contribution in [0.25, 0.3) is 0 Å². The number of benzene rings is 2. The van der Waals surface area contributed by atoms with Gasteiger partial charge in [-0.15, -0.1) is 0 Å². The van der Waals surface area contributed by atoms with Crippen molar-refractivity contribution in [2.45, 2.75) is 0 Å². The molecule has 1 amide bonds. The van der Waals surface area contributed by atoms with Gasteiger partial charge < -0.3 is 15.8 Å². The summed E-state index contributed by atoms with van der Waals surface area (Å²) >= 11 is 3.33. The highest BCUT2D eigenvalue weighted by atomic mass is 79.9. The second kappa shape index (κ2) is 6.41. The number of halogens is 1. The molecule has 2 aromatic carbocycles. The van der Waals surface area contributed by atoms with Crippen LogP contribution in [0.15, 0.2) is 58.2 Å². The zero-order valence-corrected chi connectivity index (χ0v) is 12.9. The summed E-state index contributed by atoms with van der Waals surface area (Å²) in [4.78, 5) is 13.9. The monoisotopic (exact) mass is 347 g/mol. The summed E-state index contributed by atoms with van der Waals surface area (Å²) in [7, 11) is 1.68. The standard InChI is InChI=1S/C15H14BrN3O2/c1-19(15(20)10-5-7-12(16)8-6-10)13-4-2-3-11(9-13)14(17)18-21/h2-9,21H,1H3,(H2,17,18). The molecule has 2 rings (SSSR count). The second-order valence-corrected chi connectivity index (χ2v) is 5.32. The molecule has 0 aromatic heterocycles. The van der Waals surface area contributed by atoms with Crippen LogP contribution in [0.3, 0.4) is 0 Å². The predicted molar refractivity (Wildman–Crippen MR) is 85.8 cm³/mol. The summed E-state index contributed by atoms with van der Waals surface area (Å²) in [6, 6.07) is 14.0. The molecule has 0 aliphatic carbocycles. The number of amidine groups is 1. The molecule has 0 radical (unpaired) electrons. The molecule has 0 spiro atoms. The van der Waals surface area contributed by atoms with Crippen molar-refractivity contribution in [3.05, 3.63) is 64.1 Å². The van der Waals surface area contributed by atoms with Gasteiger partial charge in [0.05, 0.1) is 0 Å². The zero-order chi connectivity index (χ0) is 15.4. The summed E-state index contributed by atoms with van der Waals surface area (Å²) in [6.45, 7) is 0. The van der Waals surface area contributed by atoms with E-state index in [0.717, 1.165) is 4.47 Å². The van der Waals surface area contributed by atoms with Crippen LogP contribution in [-0.2, 0) is 0 Å². The molecule has 3 N–H and O–H groups in total. The van der Waals surface area contributed by atoms with E-state index in [-0.39, 0.29) is 11.7 Å². The van der Waals surface area contributed by atoms with Crippen LogP contribution in [-0.4, -0.2) is 24.0 Å². The fraction of sp³-hybridized carbons (Fsp3) is 0.0667. The SMILES string of the molecule is CN(C(=O)c1ccc(Br)cc1)c1cccc(C(N)=NO)c1. The summed E-state index contributed by atoms with van der Waals surface area (Å²) in [6.07, 6.45) is 0. The molecule has 0 heterocycles. The highest BCUT2D eigenvalue weighted by molar-refractivity contribution is 9.10. The van der Waals surface area contributed by atoms with Gasteiger partial charge in [-0.3, -0.25) is 4.79 Å². The number of hydrogen-bond donors (Lipinski definition) is 2. The van der Waals surface area contributed by atoms with Crippen molar-refractivity contribution >= 4 is 33.4 Å². The molecule has 0 atom stereocenters. The van der Waals surface area contributed by atoms with Crippen molar-refractivity contribution in [2.24, 2.45) is 10.9 Å². The maximum Gasteiger partial charge on any atom is 0.258 e. The Balaban J connectivity index is 2.29. The van der Waals surface area contributed by atoms with E-state index in [1.807, 2.05) is 12.1 Å². The summed E-state index contributed by atoms with van der Waals surface area (Å²) in [5.41, 5.74) is 7.34. The van der Waals surface area contributed by atoms with Crippen LogP contribution >= 0.6 is 15.9 Å². The maximum atomic E-state index is 12.4. The topological polar surface area (TPSA) is 78.9 Å². The zero-order valence-electron chi connectivity index (χ0n) is 11.3. The van der Waals surface area contributed by atoms with Crippen LogP contribution in [0, 0.1) is 0 Å². The van der Waals surface area contributed by atoms with Gasteiger partial charge in [0.15, 0.2) is 5.84 Å². The molecule has 108 valence electrons. The Labute approximate surface area is 130 Å². The van der Waals surface area contributed by atoms with E-state index >= 15 is 0 Å². The van der Waals surface area contributed by atoms with Crippen molar-refractivity contribution in [2.75, 3.05) is 11.9 Å². The third-order valence-corrected chi connectivity index (χ3v) is 3.56. The Kier molecular flexibility index (Phi) is 4.59. The van der Waals surface area contributed by atoms with Gasteiger partial charge in [-0.1, -0.05) is 33.2 Å². The lowest BCUT2D eigenvalue weighted by Gasteiger charge is -2.18. The van der Waals surface area contributed by atoms with E-state index in [4.69, 9.17) is 10.9 Å². The highest BCUT2D eigenvalue weighted by Gasteiger charge is 2.14. The molecular formula is C15H14BrN3O2. The van der Waals surface area contributed by atoms with E-state index in [1.165, 1.54) is 4.90 Å². The van der Waals surface area contributed by atoms with Crippen LogP contribution < -0.4 is 10.6 Å². The number of amides is 1. The molecule has 0 bridgehead atoms. The van der Waals surface area contributed by atoms with E-state index < -0.39 is 0 Å². The molecule has 0 saturated carbocycles. The predicted octanol–water partition coefficient (Wildman–Crippen LogP) is 2.82. The average Bonchev–Trinajstić information content (AvgIpc) is 2.53. The minimum atomic E-state index is -0.140. The second-order valence-electron chi connectivity index (χ2n) is 4.41. The fourth-order valence-electron chi connectivity index (χ4n) is 1.83. The summed E-state index contributed by atoms with van der Waals surface area (Å²) < 4.78 is 0.913. The van der Waals surface area contributed by atoms with Crippen LogP contribution in [0.1, 0.15) is 15.9 Å². The third-order valence-electron chi connectivity index (χ3n) is 3.03. The van der Waals surface area contributed by atoms with Crippen LogP contribution in [0.2, 0.25) is 0 Å². The molecule has 0 unspecified atom stereocenters. The largest absolute Gasteiger partial charge is 0.409 e. The lowest BCUT2D eigenvalue weighted by Crippen LogP contribution is -2.26. The van der Waals surface area contributed by atoms with Crippen molar-refractivity contribution < 1.29 is 10.0 Å². The lowest BCUT2D eigenvalue weighted by atomic mass is 10.1. The first-order valence-corrected chi connectivity index (χ1v) is 6.94. The maximum absolute atomic E-state index is 12.4. The van der Waals surface area contributed by atoms with Crippen LogP contribution in [0.4, 0.5) is 5.69 Å². The number of carbonyl (C=O) groups is 1. The highest BCUT2D eigenvalue weighted by Crippen LogP contribution is 2.18. The normalized spacial score (nSPS) is 11.2. The number of hydrogen-bond acceptors (Lipinski definition) is 3. The Morgan fingerprint density at radius 1 is 1.19 bits per heavy atom. The van der Waals surface area contributed by atoms with Gasteiger partial charge in [-0.25, -0.2) is 0 Å². The molecular weight excluding hydrogens is 334 g/mol. The Morgan fingerprint density at radius 3 is 2.48 bits per heavy atom. The van der Waals surface area contributed by atoms with Gasteiger partial charge in [0, 0.05) is 28.3 Å². The van der Waals surface area contributed by atoms with E-state index in [9.17, 15) is 4.79 Å². The van der Waals surface area contributed by atoms with Gasteiger partial charge in [-0.05, 0) is 36.4 Å². The smallest absolute Gasteiger partial charge is 0.258 e. The molecule has 0 fully saturated rings. The number of anilines is 1. The molecule has 0 aliphatic rings. The lowest BCUT2D eigenvalue weighted by molar-refractivity contribution is 0.0993. The molecule has 0 aliphatic heterocycles. The Morgan fingerprint density at radius 2 is 1.86 bits per heavy atom. The van der Waals surface area contributed by atoms with Crippen molar-refractivity contribution in [3.63, 3.8) is 0 Å². The van der Waals surface area contributed by atoms with Crippen LogP contribution in [0.5, 0.6) is 0 Å². The number of rotatable bonds is 3. The number of nitrogens with zero attached hydrogens (tertiary/aromatic N) is 2. The number of carbonyl (C=O) groups excluding carboxylic acids is 1. The van der Waals surface area contributed by atoms with Gasteiger partial charge in [0.1, 0.15) is 0 Å². The Hall–Kier alpha value is -2.34. The first kappa shape index (κ1) is 15.1. The number of oxime groups is 1. The Bertz CT molecular complexity index is 684. The average molecular weight is 348 g/mol. The molecule has 5 nitrogen and oxygen atoms in total. The van der Waals surface area contributed by atoms with Gasteiger partial charge >= 0.3 is 0 Å². The van der Waals surface area contributed by atoms with E-state index in [0.29, 0.717) is 16.8 Å². The molecule has 21 heavy (non-hydrogen) atoms. The van der Waals surface area contributed by atoms with E-state index in [2.05, 4.69) is 21.1 Å². The number of nitrogens with two attached hydrogens (primary N) is 1. The summed E-state index contributed by atoms with van der Waals surface area (Å²) in [5.74, 6) is -0.138. The fourth-order valence-corrected chi connectivity index (χ4v) is 2.10. The van der Waals surface area contributed by atoms with Crippen molar-refractivity contribution in [3.8, 4) is 0 Å². The molecule has 6 heteroatoms. The molecule has 2 aromatic rings. The van der Waals surface area contributed by atoms with Gasteiger partial charge in [-0.2, -0.15) is 0 Å². The van der Waals surface area contributed by atoms with Gasteiger partial charge in [0.2, 0.25) is 0 Å². The van der Waals surface area contributed by atoms with Gasteiger partial charge in [0.25, 0.3) is 5.91 Å². The van der Waals surface area contributed by atoms with E-state index in [1.54, 1.807) is 43.4 Å². The molecule has 0 saturated heterocycles. The van der Waals surface area contributed by atoms with Crippen molar-refractivity contribution in [1.29, 1.82) is 0 Å². The summed E-state index contributed by atoms with van der Waals surface area (Å²) in [5, 5.41) is 11.7. The minimum Gasteiger partial charge on any atom is -0.409 e. The third kappa shape index (κ3) is 3.41.